The van der Waals surface area contributed by atoms with Crippen LogP contribution >= 0.6 is 0 Å². The Balaban J connectivity index is 2.20. The van der Waals surface area contributed by atoms with E-state index in [1.54, 1.807) is 7.11 Å². The summed E-state index contributed by atoms with van der Waals surface area (Å²) in [6, 6.07) is 0. The van der Waals surface area contributed by atoms with Gasteiger partial charge in [0.1, 0.15) is 0 Å². The molecule has 2 nitrogen and oxygen atoms in total. The molecule has 0 spiro atoms. The lowest BCUT2D eigenvalue weighted by Gasteiger charge is -2.25. The maximum absolute atomic E-state index is 5.36. The van der Waals surface area contributed by atoms with E-state index in [2.05, 4.69) is 13.5 Å². The molecular weight excluding hydrogens is 188 g/mol. The van der Waals surface area contributed by atoms with Crippen molar-refractivity contribution in [2.45, 2.75) is 32.6 Å². The normalized spacial score (nSPS) is 20.1. The predicted octanol–water partition coefficient (Wildman–Crippen LogP) is 3.03. The minimum atomic E-state index is 0.628. The van der Waals surface area contributed by atoms with E-state index in [-0.39, 0.29) is 0 Å². The van der Waals surface area contributed by atoms with Crippen molar-refractivity contribution in [2.75, 3.05) is 26.9 Å². The Hall–Kier alpha value is -0.340. The van der Waals surface area contributed by atoms with Crippen molar-refractivity contribution < 1.29 is 9.47 Å². The van der Waals surface area contributed by atoms with E-state index in [9.17, 15) is 0 Å². The van der Waals surface area contributed by atoms with Gasteiger partial charge in [-0.25, -0.2) is 0 Å². The van der Waals surface area contributed by atoms with E-state index < -0.39 is 0 Å². The molecule has 0 radical (unpaired) electrons. The minimum absolute atomic E-state index is 0.628. The fourth-order valence-corrected chi connectivity index (χ4v) is 2.13. The summed E-state index contributed by atoms with van der Waals surface area (Å²) < 4.78 is 10.4. The first-order chi connectivity index (χ1) is 7.24. The maximum Gasteiger partial charge on any atom is 0.0499 e. The molecule has 1 saturated heterocycles. The van der Waals surface area contributed by atoms with Crippen molar-refractivity contribution in [3.05, 3.63) is 12.2 Å². The Labute approximate surface area is 93.7 Å². The smallest absolute Gasteiger partial charge is 0.0499 e. The Bertz CT molecular complexity index is 183. The highest BCUT2D eigenvalue weighted by Crippen LogP contribution is 2.27. The number of hydrogen-bond acceptors (Lipinski definition) is 2. The van der Waals surface area contributed by atoms with Gasteiger partial charge in [-0.1, -0.05) is 19.1 Å². The highest BCUT2D eigenvalue weighted by atomic mass is 16.5. The Kier molecular flexibility index (Phi) is 5.96. The predicted molar refractivity (Wildman–Crippen MR) is 63.0 cm³/mol. The molecule has 0 amide bonds. The zero-order chi connectivity index (χ0) is 11.1. The molecule has 1 atom stereocenters. The number of rotatable bonds is 6. The summed E-state index contributed by atoms with van der Waals surface area (Å²) in [4.78, 5) is 0. The molecule has 0 aromatic rings. The summed E-state index contributed by atoms with van der Waals surface area (Å²) in [6.45, 7) is 9.13. The molecule has 1 rings (SSSR count). The minimum Gasteiger partial charge on any atom is -0.384 e. The Morgan fingerprint density at radius 3 is 2.73 bits per heavy atom. The van der Waals surface area contributed by atoms with Gasteiger partial charge in [0, 0.05) is 26.9 Å². The van der Waals surface area contributed by atoms with Crippen molar-refractivity contribution in [3.63, 3.8) is 0 Å². The average molecular weight is 212 g/mol. The molecule has 2 heteroatoms. The first kappa shape index (κ1) is 12.7. The molecule has 0 aromatic heterocycles. The van der Waals surface area contributed by atoms with E-state index in [0.29, 0.717) is 5.92 Å². The Morgan fingerprint density at radius 1 is 1.47 bits per heavy atom. The highest BCUT2D eigenvalue weighted by Gasteiger charge is 2.17. The van der Waals surface area contributed by atoms with Gasteiger partial charge < -0.3 is 9.47 Å². The molecule has 15 heavy (non-hydrogen) atoms. The number of hydrogen-bond donors (Lipinski definition) is 0. The lowest BCUT2D eigenvalue weighted by molar-refractivity contribution is 0.0605. The summed E-state index contributed by atoms with van der Waals surface area (Å²) in [5.41, 5.74) is 1.34. The van der Waals surface area contributed by atoms with Gasteiger partial charge >= 0.3 is 0 Å². The molecule has 1 aliphatic rings. The van der Waals surface area contributed by atoms with Crippen molar-refractivity contribution in [2.24, 2.45) is 11.8 Å². The molecule has 1 unspecified atom stereocenters. The monoisotopic (exact) mass is 212 g/mol. The van der Waals surface area contributed by atoms with Crippen LogP contribution in [-0.4, -0.2) is 26.9 Å². The van der Waals surface area contributed by atoms with Gasteiger partial charge in [-0.3, -0.25) is 0 Å². The third-order valence-corrected chi connectivity index (χ3v) is 3.35. The molecule has 0 aromatic carbocycles. The average Bonchev–Trinajstić information content (AvgIpc) is 2.27. The van der Waals surface area contributed by atoms with Gasteiger partial charge in [0.2, 0.25) is 0 Å². The molecule has 88 valence electrons. The highest BCUT2D eigenvalue weighted by molar-refractivity contribution is 4.99. The first-order valence-electron chi connectivity index (χ1n) is 5.98. The number of ether oxygens (including phenoxy) is 2. The van der Waals surface area contributed by atoms with E-state index >= 15 is 0 Å². The van der Waals surface area contributed by atoms with Gasteiger partial charge in [-0.15, -0.1) is 0 Å². The third kappa shape index (κ3) is 4.80. The lowest BCUT2D eigenvalue weighted by Crippen LogP contribution is -2.18. The molecule has 1 heterocycles. The van der Waals surface area contributed by atoms with E-state index in [1.807, 2.05) is 0 Å². The topological polar surface area (TPSA) is 18.5 Å². The van der Waals surface area contributed by atoms with Crippen LogP contribution in [-0.2, 0) is 9.47 Å². The standard InChI is InChI=1S/C13H24O2/c1-11(4-7-14-3)12(2)10-13-5-8-15-9-6-13/h12-13H,1,4-10H2,2-3H3. The summed E-state index contributed by atoms with van der Waals surface area (Å²) in [7, 11) is 1.75. The molecular formula is C13H24O2. The summed E-state index contributed by atoms with van der Waals surface area (Å²) in [6.07, 6.45) is 4.72. The first-order valence-corrected chi connectivity index (χ1v) is 5.98. The van der Waals surface area contributed by atoms with Crippen molar-refractivity contribution in [1.29, 1.82) is 0 Å². The van der Waals surface area contributed by atoms with E-state index in [4.69, 9.17) is 9.47 Å². The fraction of sp³-hybridized carbons (Fsp3) is 0.846. The number of methoxy groups -OCH3 is 1. The SMILES string of the molecule is C=C(CCOC)C(C)CC1CCOCC1. The van der Waals surface area contributed by atoms with Gasteiger partial charge in [-0.2, -0.15) is 0 Å². The summed E-state index contributed by atoms with van der Waals surface area (Å²) in [5.74, 6) is 1.47. The molecule has 0 bridgehead atoms. The van der Waals surface area contributed by atoms with Gasteiger partial charge in [-0.05, 0) is 37.5 Å². The Morgan fingerprint density at radius 2 is 2.13 bits per heavy atom. The summed E-state index contributed by atoms with van der Waals surface area (Å²) in [5, 5.41) is 0. The molecule has 0 aliphatic carbocycles. The van der Waals surface area contributed by atoms with Crippen LogP contribution < -0.4 is 0 Å². The van der Waals surface area contributed by atoms with Gasteiger partial charge in [0.15, 0.2) is 0 Å². The zero-order valence-corrected chi connectivity index (χ0v) is 10.1. The maximum atomic E-state index is 5.36. The van der Waals surface area contributed by atoms with Gasteiger partial charge in [0.25, 0.3) is 0 Å². The molecule has 1 fully saturated rings. The van der Waals surface area contributed by atoms with Crippen LogP contribution in [0, 0.1) is 11.8 Å². The second-order valence-corrected chi connectivity index (χ2v) is 4.59. The van der Waals surface area contributed by atoms with Crippen LogP contribution in [0.15, 0.2) is 12.2 Å². The van der Waals surface area contributed by atoms with E-state index in [0.717, 1.165) is 32.2 Å². The zero-order valence-electron chi connectivity index (χ0n) is 10.1. The fourth-order valence-electron chi connectivity index (χ4n) is 2.13. The van der Waals surface area contributed by atoms with Crippen LogP contribution in [0.1, 0.15) is 32.6 Å². The largest absolute Gasteiger partial charge is 0.384 e. The third-order valence-electron chi connectivity index (χ3n) is 3.35. The van der Waals surface area contributed by atoms with E-state index in [1.165, 1.54) is 24.8 Å². The van der Waals surface area contributed by atoms with Gasteiger partial charge in [0.05, 0.1) is 0 Å². The van der Waals surface area contributed by atoms with Crippen LogP contribution in [0.3, 0.4) is 0 Å². The molecule has 1 aliphatic heterocycles. The molecule has 0 saturated carbocycles. The summed E-state index contributed by atoms with van der Waals surface area (Å²) >= 11 is 0. The molecule has 0 N–H and O–H groups in total. The second-order valence-electron chi connectivity index (χ2n) is 4.59. The van der Waals surface area contributed by atoms with Crippen LogP contribution in [0.4, 0.5) is 0 Å². The van der Waals surface area contributed by atoms with Crippen LogP contribution in [0.25, 0.3) is 0 Å². The lowest BCUT2D eigenvalue weighted by atomic mass is 9.85. The second kappa shape index (κ2) is 7.02. The van der Waals surface area contributed by atoms with Crippen LogP contribution in [0.5, 0.6) is 0 Å². The van der Waals surface area contributed by atoms with Crippen molar-refractivity contribution >= 4 is 0 Å². The quantitative estimate of drug-likeness (QED) is 0.630. The van der Waals surface area contributed by atoms with Crippen LogP contribution in [0.2, 0.25) is 0 Å². The van der Waals surface area contributed by atoms with Crippen molar-refractivity contribution in [3.8, 4) is 0 Å². The van der Waals surface area contributed by atoms with Crippen molar-refractivity contribution in [1.82, 2.24) is 0 Å².